The maximum absolute atomic E-state index is 13.1. The summed E-state index contributed by atoms with van der Waals surface area (Å²) in [5.41, 5.74) is 2.33. The topological polar surface area (TPSA) is 39.5 Å². The highest BCUT2D eigenvalue weighted by Gasteiger charge is 2.35. The lowest BCUT2D eigenvalue weighted by Gasteiger charge is -2.28. The lowest BCUT2D eigenvalue weighted by Crippen LogP contribution is -2.38. The molecule has 0 amide bonds. The van der Waals surface area contributed by atoms with Gasteiger partial charge in [-0.2, -0.15) is 5.10 Å². The van der Waals surface area contributed by atoms with Gasteiger partial charge < -0.3 is 9.47 Å². The minimum absolute atomic E-state index is 0.177. The number of aryl methyl sites for hydroxylation is 1. The van der Waals surface area contributed by atoms with Crippen molar-refractivity contribution in [1.29, 1.82) is 0 Å². The van der Waals surface area contributed by atoms with E-state index in [0.717, 1.165) is 31.5 Å². The van der Waals surface area contributed by atoms with Crippen LogP contribution in [-0.2, 0) is 29.5 Å². The van der Waals surface area contributed by atoms with Gasteiger partial charge in [-0.1, -0.05) is 12.1 Å². The molecule has 1 aliphatic rings. The molecule has 0 unspecified atom stereocenters. The van der Waals surface area contributed by atoms with Crippen molar-refractivity contribution in [2.24, 2.45) is 7.05 Å². The zero-order valence-corrected chi connectivity index (χ0v) is 14.9. The van der Waals surface area contributed by atoms with Crippen molar-refractivity contribution in [3.8, 4) is 0 Å². The Kier molecular flexibility index (Phi) is 6.18. The highest BCUT2D eigenvalue weighted by atomic mass is 19.1. The first kappa shape index (κ1) is 18.0. The molecule has 136 valence electrons. The molecule has 0 saturated carbocycles. The molecule has 0 bridgehead atoms. The molecular formula is C19H26FN3O2. The van der Waals surface area contributed by atoms with E-state index in [1.54, 1.807) is 7.11 Å². The number of hydrogen-bond donors (Lipinski definition) is 0. The first-order chi connectivity index (χ1) is 12.2. The summed E-state index contributed by atoms with van der Waals surface area (Å²) in [6, 6.07) is 7.04. The van der Waals surface area contributed by atoms with Crippen molar-refractivity contribution in [3.05, 3.63) is 53.6 Å². The van der Waals surface area contributed by atoms with Crippen LogP contribution in [0.5, 0.6) is 0 Å². The highest BCUT2D eigenvalue weighted by Crippen LogP contribution is 2.26. The van der Waals surface area contributed by atoms with Gasteiger partial charge >= 0.3 is 0 Å². The molecule has 2 atom stereocenters. The van der Waals surface area contributed by atoms with E-state index < -0.39 is 0 Å². The van der Waals surface area contributed by atoms with Crippen LogP contribution in [0, 0.1) is 5.82 Å². The fourth-order valence-corrected chi connectivity index (χ4v) is 3.46. The largest absolute Gasteiger partial charge is 0.382 e. The van der Waals surface area contributed by atoms with E-state index in [9.17, 15) is 4.39 Å². The number of rotatable bonds is 8. The number of aromatic nitrogens is 2. The number of nitrogens with zero attached hydrogens (tertiary/aromatic N) is 3. The zero-order valence-electron chi connectivity index (χ0n) is 14.9. The Morgan fingerprint density at radius 1 is 1.20 bits per heavy atom. The Balaban J connectivity index is 1.69. The normalized spacial score (nSPS) is 21.1. The van der Waals surface area contributed by atoms with Crippen LogP contribution in [-0.4, -0.2) is 53.7 Å². The predicted octanol–water partition coefficient (Wildman–Crippen LogP) is 2.41. The van der Waals surface area contributed by atoms with E-state index in [4.69, 9.17) is 9.47 Å². The van der Waals surface area contributed by atoms with Crippen LogP contribution >= 0.6 is 0 Å². The van der Waals surface area contributed by atoms with Gasteiger partial charge in [0.1, 0.15) is 5.82 Å². The van der Waals surface area contributed by atoms with Gasteiger partial charge in [-0.05, 0) is 36.1 Å². The zero-order chi connectivity index (χ0) is 17.6. The van der Waals surface area contributed by atoms with Gasteiger partial charge in [-0.15, -0.1) is 0 Å². The van der Waals surface area contributed by atoms with Crippen molar-refractivity contribution < 1.29 is 13.9 Å². The number of likely N-dealkylation sites (tertiary alicyclic amines) is 1. The third kappa shape index (κ3) is 4.87. The summed E-state index contributed by atoms with van der Waals surface area (Å²) in [5.74, 6) is -0.196. The number of ether oxygens (including phenoxy) is 2. The van der Waals surface area contributed by atoms with Gasteiger partial charge in [-0.25, -0.2) is 4.39 Å². The van der Waals surface area contributed by atoms with E-state index in [1.807, 2.05) is 30.1 Å². The second-order valence-electron chi connectivity index (χ2n) is 6.58. The Morgan fingerprint density at radius 3 is 2.68 bits per heavy atom. The third-order valence-corrected chi connectivity index (χ3v) is 4.72. The molecule has 1 aromatic carbocycles. The van der Waals surface area contributed by atoms with Crippen LogP contribution in [0.3, 0.4) is 0 Å². The van der Waals surface area contributed by atoms with E-state index >= 15 is 0 Å². The third-order valence-electron chi connectivity index (χ3n) is 4.72. The molecule has 3 rings (SSSR count). The van der Waals surface area contributed by atoms with Crippen molar-refractivity contribution >= 4 is 0 Å². The molecule has 5 nitrogen and oxygen atoms in total. The summed E-state index contributed by atoms with van der Waals surface area (Å²) < 4.78 is 26.1. The SMILES string of the molecule is COCCO[C@@H]1CCN(Cc2ccc(F)cc2)[C@H]1Cc1cnn(C)c1. The summed E-state index contributed by atoms with van der Waals surface area (Å²) in [4.78, 5) is 2.43. The van der Waals surface area contributed by atoms with Crippen molar-refractivity contribution in [2.75, 3.05) is 26.9 Å². The summed E-state index contributed by atoms with van der Waals surface area (Å²) in [5, 5.41) is 4.27. The van der Waals surface area contributed by atoms with Crippen LogP contribution in [0.1, 0.15) is 17.5 Å². The number of benzene rings is 1. The average Bonchev–Trinajstić information content (AvgIpc) is 3.18. The molecule has 0 spiro atoms. The summed E-state index contributed by atoms with van der Waals surface area (Å²) in [6.45, 7) is 2.98. The van der Waals surface area contributed by atoms with E-state index in [-0.39, 0.29) is 18.0 Å². The number of halogens is 1. The van der Waals surface area contributed by atoms with Gasteiger partial charge in [0, 0.05) is 39.5 Å². The molecule has 0 radical (unpaired) electrons. The molecule has 2 heterocycles. The minimum atomic E-state index is -0.196. The summed E-state index contributed by atoms with van der Waals surface area (Å²) in [6.07, 6.45) is 6.04. The van der Waals surface area contributed by atoms with Crippen LogP contribution < -0.4 is 0 Å². The standard InChI is InChI=1S/C19H26FN3O2/c1-22-13-16(12-21-22)11-18-19(25-10-9-24-2)7-8-23(18)14-15-3-5-17(20)6-4-15/h3-6,12-13,18-19H,7-11,14H2,1-2H3/t18-,19+/m0/s1. The van der Waals surface area contributed by atoms with Gasteiger partial charge in [-0.3, -0.25) is 9.58 Å². The fourth-order valence-electron chi connectivity index (χ4n) is 3.46. The Bertz CT molecular complexity index is 659. The van der Waals surface area contributed by atoms with E-state index in [2.05, 4.69) is 16.2 Å². The first-order valence-corrected chi connectivity index (χ1v) is 8.72. The Labute approximate surface area is 148 Å². The number of hydrogen-bond acceptors (Lipinski definition) is 4. The maximum atomic E-state index is 13.1. The molecule has 1 saturated heterocycles. The quantitative estimate of drug-likeness (QED) is 0.688. The monoisotopic (exact) mass is 347 g/mol. The van der Waals surface area contributed by atoms with E-state index in [0.29, 0.717) is 13.2 Å². The molecule has 1 aromatic heterocycles. The fraction of sp³-hybridized carbons (Fsp3) is 0.526. The average molecular weight is 347 g/mol. The summed E-state index contributed by atoms with van der Waals surface area (Å²) in [7, 11) is 3.62. The number of methoxy groups -OCH3 is 1. The van der Waals surface area contributed by atoms with Crippen LogP contribution in [0.4, 0.5) is 4.39 Å². The highest BCUT2D eigenvalue weighted by molar-refractivity contribution is 5.17. The Morgan fingerprint density at radius 2 is 2.00 bits per heavy atom. The smallest absolute Gasteiger partial charge is 0.123 e. The molecule has 0 aliphatic carbocycles. The van der Waals surface area contributed by atoms with Crippen molar-refractivity contribution in [3.63, 3.8) is 0 Å². The summed E-state index contributed by atoms with van der Waals surface area (Å²) >= 11 is 0. The first-order valence-electron chi connectivity index (χ1n) is 8.72. The van der Waals surface area contributed by atoms with Crippen molar-refractivity contribution in [1.82, 2.24) is 14.7 Å². The molecule has 2 aromatic rings. The van der Waals surface area contributed by atoms with Gasteiger partial charge in [0.25, 0.3) is 0 Å². The minimum Gasteiger partial charge on any atom is -0.382 e. The Hall–Kier alpha value is -1.76. The van der Waals surface area contributed by atoms with Gasteiger partial charge in [0.05, 0.1) is 25.5 Å². The second kappa shape index (κ2) is 8.56. The maximum Gasteiger partial charge on any atom is 0.123 e. The molecule has 1 aliphatic heterocycles. The predicted molar refractivity (Wildman–Crippen MR) is 93.7 cm³/mol. The lowest BCUT2D eigenvalue weighted by molar-refractivity contribution is -0.00131. The lowest BCUT2D eigenvalue weighted by atomic mass is 10.0. The molecule has 0 N–H and O–H groups in total. The molecule has 25 heavy (non-hydrogen) atoms. The van der Waals surface area contributed by atoms with Gasteiger partial charge in [0.2, 0.25) is 0 Å². The second-order valence-corrected chi connectivity index (χ2v) is 6.58. The van der Waals surface area contributed by atoms with Crippen LogP contribution in [0.2, 0.25) is 0 Å². The molecule has 1 fully saturated rings. The molecule has 6 heteroatoms. The van der Waals surface area contributed by atoms with Crippen LogP contribution in [0.15, 0.2) is 36.7 Å². The van der Waals surface area contributed by atoms with Gasteiger partial charge in [0.15, 0.2) is 0 Å². The molecular weight excluding hydrogens is 321 g/mol. The van der Waals surface area contributed by atoms with Crippen molar-refractivity contribution in [2.45, 2.75) is 31.5 Å². The van der Waals surface area contributed by atoms with E-state index in [1.165, 1.54) is 17.7 Å². The van der Waals surface area contributed by atoms with Crippen LogP contribution in [0.25, 0.3) is 0 Å².